The summed E-state index contributed by atoms with van der Waals surface area (Å²) >= 11 is 0. The van der Waals surface area contributed by atoms with Crippen molar-refractivity contribution in [3.8, 4) is 0 Å². The quantitative estimate of drug-likeness (QED) is 0.618. The Bertz CT molecular complexity index is 119. The third-order valence-electron chi connectivity index (χ3n) is 2.13. The fraction of sp³-hybridized carbons (Fsp3) is 0.778. The summed E-state index contributed by atoms with van der Waals surface area (Å²) in [7, 11) is 0. The van der Waals surface area contributed by atoms with Crippen LogP contribution in [-0.4, -0.2) is 25.8 Å². The molecule has 0 bridgehead atoms. The minimum atomic E-state index is 0.391. The Balaban J connectivity index is 2.26. The fourth-order valence-electron chi connectivity index (χ4n) is 1.37. The maximum absolute atomic E-state index is 5.58. The highest BCUT2D eigenvalue weighted by atomic mass is 16.5. The van der Waals surface area contributed by atoms with Gasteiger partial charge in [-0.1, -0.05) is 13.0 Å². The zero-order chi connectivity index (χ0) is 8.10. The fourth-order valence-corrected chi connectivity index (χ4v) is 1.37. The first kappa shape index (κ1) is 8.75. The maximum atomic E-state index is 5.58. The predicted octanol–water partition coefficient (Wildman–Crippen LogP) is 1.19. The molecule has 1 fully saturated rings. The van der Waals surface area contributed by atoms with Crippen LogP contribution >= 0.6 is 0 Å². The third kappa shape index (κ3) is 2.64. The van der Waals surface area contributed by atoms with Crippen molar-refractivity contribution < 1.29 is 4.74 Å². The molecule has 1 aliphatic rings. The normalized spacial score (nSPS) is 27.9. The summed E-state index contributed by atoms with van der Waals surface area (Å²) < 4.78 is 5.58. The molecule has 0 amide bonds. The highest BCUT2D eigenvalue weighted by molar-refractivity contribution is 4.79. The van der Waals surface area contributed by atoms with Gasteiger partial charge in [0.1, 0.15) is 0 Å². The topological polar surface area (TPSA) is 21.3 Å². The summed E-state index contributed by atoms with van der Waals surface area (Å²) in [5.41, 5.74) is 0. The molecule has 1 heterocycles. The van der Waals surface area contributed by atoms with Crippen LogP contribution in [0.1, 0.15) is 13.3 Å². The van der Waals surface area contributed by atoms with Gasteiger partial charge in [0.15, 0.2) is 0 Å². The van der Waals surface area contributed by atoms with Crippen molar-refractivity contribution in [2.24, 2.45) is 5.92 Å². The SMILES string of the molecule is C=CCC(C)C1CNCCO1. The van der Waals surface area contributed by atoms with Gasteiger partial charge in [0.25, 0.3) is 0 Å². The van der Waals surface area contributed by atoms with E-state index in [-0.39, 0.29) is 0 Å². The van der Waals surface area contributed by atoms with Gasteiger partial charge >= 0.3 is 0 Å². The monoisotopic (exact) mass is 155 g/mol. The molecule has 0 aromatic heterocycles. The Morgan fingerprint density at radius 1 is 1.82 bits per heavy atom. The zero-order valence-corrected chi connectivity index (χ0v) is 7.18. The molecule has 0 aliphatic carbocycles. The average molecular weight is 155 g/mol. The molecule has 1 N–H and O–H groups in total. The van der Waals surface area contributed by atoms with Gasteiger partial charge in [-0.3, -0.25) is 0 Å². The molecular formula is C9H17NO. The standard InChI is InChI=1S/C9H17NO/c1-3-4-8(2)9-7-10-5-6-11-9/h3,8-10H,1,4-7H2,2H3. The van der Waals surface area contributed by atoms with Crippen LogP contribution in [-0.2, 0) is 4.74 Å². The van der Waals surface area contributed by atoms with Gasteiger partial charge in [-0.05, 0) is 12.3 Å². The first-order chi connectivity index (χ1) is 5.34. The Kier molecular flexibility index (Phi) is 3.60. The lowest BCUT2D eigenvalue weighted by molar-refractivity contribution is -0.00342. The van der Waals surface area contributed by atoms with Crippen LogP contribution in [0.4, 0.5) is 0 Å². The second-order valence-electron chi connectivity index (χ2n) is 3.12. The molecule has 0 saturated carbocycles. The Morgan fingerprint density at radius 3 is 3.18 bits per heavy atom. The van der Waals surface area contributed by atoms with E-state index in [1.54, 1.807) is 0 Å². The Labute approximate surface area is 68.6 Å². The molecule has 1 saturated heterocycles. The smallest absolute Gasteiger partial charge is 0.0728 e. The highest BCUT2D eigenvalue weighted by Crippen LogP contribution is 2.13. The van der Waals surface area contributed by atoms with E-state index in [1.165, 1.54) is 0 Å². The van der Waals surface area contributed by atoms with Gasteiger partial charge in [0.05, 0.1) is 12.7 Å². The van der Waals surface area contributed by atoms with E-state index in [0.717, 1.165) is 26.1 Å². The molecule has 0 aromatic carbocycles. The lowest BCUT2D eigenvalue weighted by atomic mass is 10.0. The molecule has 2 nitrogen and oxygen atoms in total. The van der Waals surface area contributed by atoms with Gasteiger partial charge in [-0.25, -0.2) is 0 Å². The van der Waals surface area contributed by atoms with Crippen LogP contribution in [0.15, 0.2) is 12.7 Å². The van der Waals surface area contributed by atoms with Crippen molar-refractivity contribution in [3.05, 3.63) is 12.7 Å². The number of morpholine rings is 1. The van der Waals surface area contributed by atoms with Crippen molar-refractivity contribution in [1.82, 2.24) is 5.32 Å². The lowest BCUT2D eigenvalue weighted by Crippen LogP contribution is -2.41. The third-order valence-corrected chi connectivity index (χ3v) is 2.13. The van der Waals surface area contributed by atoms with Gasteiger partial charge in [-0.2, -0.15) is 0 Å². The Morgan fingerprint density at radius 2 is 2.64 bits per heavy atom. The summed E-state index contributed by atoms with van der Waals surface area (Å²) in [5.74, 6) is 0.597. The van der Waals surface area contributed by atoms with Crippen LogP contribution in [0.5, 0.6) is 0 Å². The van der Waals surface area contributed by atoms with Crippen LogP contribution in [0, 0.1) is 5.92 Å². The second kappa shape index (κ2) is 4.52. The van der Waals surface area contributed by atoms with Crippen molar-refractivity contribution in [2.75, 3.05) is 19.7 Å². The number of hydrogen-bond donors (Lipinski definition) is 1. The van der Waals surface area contributed by atoms with Crippen molar-refractivity contribution in [2.45, 2.75) is 19.4 Å². The first-order valence-electron chi connectivity index (χ1n) is 4.28. The van der Waals surface area contributed by atoms with E-state index in [4.69, 9.17) is 4.74 Å². The summed E-state index contributed by atoms with van der Waals surface area (Å²) in [6.45, 7) is 8.77. The van der Waals surface area contributed by atoms with Crippen molar-refractivity contribution in [1.29, 1.82) is 0 Å². The molecule has 0 spiro atoms. The van der Waals surface area contributed by atoms with E-state index in [0.29, 0.717) is 12.0 Å². The van der Waals surface area contributed by atoms with E-state index in [2.05, 4.69) is 18.8 Å². The molecule has 64 valence electrons. The number of ether oxygens (including phenoxy) is 1. The first-order valence-corrected chi connectivity index (χ1v) is 4.28. The molecular weight excluding hydrogens is 138 g/mol. The van der Waals surface area contributed by atoms with Gasteiger partial charge in [0, 0.05) is 13.1 Å². The minimum Gasteiger partial charge on any atom is -0.375 e. The summed E-state index contributed by atoms with van der Waals surface area (Å²) in [5, 5.41) is 3.31. The number of nitrogens with one attached hydrogen (secondary N) is 1. The summed E-state index contributed by atoms with van der Waals surface area (Å²) in [6, 6.07) is 0. The van der Waals surface area contributed by atoms with E-state index in [1.807, 2.05) is 6.08 Å². The minimum absolute atomic E-state index is 0.391. The van der Waals surface area contributed by atoms with Crippen molar-refractivity contribution >= 4 is 0 Å². The Hall–Kier alpha value is -0.340. The molecule has 2 heteroatoms. The zero-order valence-electron chi connectivity index (χ0n) is 7.18. The molecule has 0 aromatic rings. The molecule has 2 unspecified atom stereocenters. The number of rotatable bonds is 3. The molecule has 1 aliphatic heterocycles. The molecule has 0 radical (unpaired) electrons. The van der Waals surface area contributed by atoms with Crippen LogP contribution in [0.3, 0.4) is 0 Å². The maximum Gasteiger partial charge on any atom is 0.0728 e. The molecule has 1 rings (SSSR count). The number of allylic oxidation sites excluding steroid dienone is 1. The molecule has 11 heavy (non-hydrogen) atoms. The van der Waals surface area contributed by atoms with Crippen molar-refractivity contribution in [3.63, 3.8) is 0 Å². The second-order valence-corrected chi connectivity index (χ2v) is 3.12. The van der Waals surface area contributed by atoms with Crippen LogP contribution in [0.2, 0.25) is 0 Å². The summed E-state index contributed by atoms with van der Waals surface area (Å²) in [4.78, 5) is 0. The van der Waals surface area contributed by atoms with E-state index >= 15 is 0 Å². The van der Waals surface area contributed by atoms with Gasteiger partial charge < -0.3 is 10.1 Å². The van der Waals surface area contributed by atoms with Crippen LogP contribution < -0.4 is 5.32 Å². The highest BCUT2D eigenvalue weighted by Gasteiger charge is 2.18. The predicted molar refractivity (Wildman–Crippen MR) is 46.6 cm³/mol. The average Bonchev–Trinajstić information content (AvgIpc) is 2.07. The largest absolute Gasteiger partial charge is 0.375 e. The molecule has 2 atom stereocenters. The lowest BCUT2D eigenvalue weighted by Gasteiger charge is -2.28. The van der Waals surface area contributed by atoms with E-state index < -0.39 is 0 Å². The number of hydrogen-bond acceptors (Lipinski definition) is 2. The van der Waals surface area contributed by atoms with Gasteiger partial charge in [0.2, 0.25) is 0 Å². The van der Waals surface area contributed by atoms with Crippen LogP contribution in [0.25, 0.3) is 0 Å². The van der Waals surface area contributed by atoms with E-state index in [9.17, 15) is 0 Å². The summed E-state index contributed by atoms with van der Waals surface area (Å²) in [6.07, 6.45) is 3.40. The van der Waals surface area contributed by atoms with Gasteiger partial charge in [-0.15, -0.1) is 6.58 Å².